The standard InChI is InChI=1S/C14H24N2O/c1-3-4-9-15-10-14(17)11-16-13-7-5-12(2)6-8-13/h5-8,14-17H,3-4,9-11H2,1-2H3/t14-/m0/s1. The third-order valence-electron chi connectivity index (χ3n) is 2.68. The van der Waals surface area contributed by atoms with Crippen LogP contribution in [0.4, 0.5) is 5.69 Å². The van der Waals surface area contributed by atoms with Gasteiger partial charge in [-0.1, -0.05) is 31.0 Å². The Balaban J connectivity index is 2.14. The Morgan fingerprint density at radius 2 is 1.88 bits per heavy atom. The van der Waals surface area contributed by atoms with Crippen molar-refractivity contribution in [1.82, 2.24) is 5.32 Å². The third kappa shape index (κ3) is 6.29. The lowest BCUT2D eigenvalue weighted by Gasteiger charge is -2.13. The Bertz CT molecular complexity index is 298. The minimum atomic E-state index is -0.340. The van der Waals surface area contributed by atoms with Gasteiger partial charge in [0.15, 0.2) is 0 Å². The summed E-state index contributed by atoms with van der Waals surface area (Å²) in [5, 5.41) is 16.2. The molecule has 1 atom stereocenters. The Labute approximate surface area is 104 Å². The predicted octanol–water partition coefficient (Wildman–Crippen LogP) is 2.16. The van der Waals surface area contributed by atoms with Crippen LogP contribution in [0, 0.1) is 6.92 Å². The minimum absolute atomic E-state index is 0.340. The van der Waals surface area contributed by atoms with Crippen LogP contribution in [0.5, 0.6) is 0 Å². The van der Waals surface area contributed by atoms with Crippen LogP contribution in [0.15, 0.2) is 24.3 Å². The van der Waals surface area contributed by atoms with Crippen molar-refractivity contribution in [2.75, 3.05) is 25.0 Å². The fourth-order valence-corrected chi connectivity index (χ4v) is 1.55. The first-order valence-electron chi connectivity index (χ1n) is 6.41. The van der Waals surface area contributed by atoms with Crippen LogP contribution in [-0.4, -0.2) is 30.8 Å². The maximum Gasteiger partial charge on any atom is 0.0836 e. The normalized spacial score (nSPS) is 12.4. The monoisotopic (exact) mass is 236 g/mol. The summed E-state index contributed by atoms with van der Waals surface area (Å²) in [6.07, 6.45) is 2.01. The zero-order valence-corrected chi connectivity index (χ0v) is 10.9. The van der Waals surface area contributed by atoms with Crippen molar-refractivity contribution in [3.05, 3.63) is 29.8 Å². The molecule has 0 radical (unpaired) electrons. The molecule has 3 nitrogen and oxygen atoms in total. The number of unbranched alkanes of at least 4 members (excludes halogenated alkanes) is 1. The van der Waals surface area contributed by atoms with Gasteiger partial charge in [0.2, 0.25) is 0 Å². The van der Waals surface area contributed by atoms with Gasteiger partial charge in [0.05, 0.1) is 6.10 Å². The van der Waals surface area contributed by atoms with Gasteiger partial charge in [-0.3, -0.25) is 0 Å². The first-order chi connectivity index (χ1) is 8.22. The molecule has 17 heavy (non-hydrogen) atoms. The van der Waals surface area contributed by atoms with Crippen LogP contribution in [0.1, 0.15) is 25.3 Å². The van der Waals surface area contributed by atoms with Crippen LogP contribution in [0.25, 0.3) is 0 Å². The molecule has 0 aliphatic heterocycles. The highest BCUT2D eigenvalue weighted by Crippen LogP contribution is 2.08. The predicted molar refractivity (Wildman–Crippen MR) is 73.5 cm³/mol. The van der Waals surface area contributed by atoms with Crippen LogP contribution >= 0.6 is 0 Å². The molecule has 1 rings (SSSR count). The van der Waals surface area contributed by atoms with E-state index in [4.69, 9.17) is 0 Å². The first kappa shape index (κ1) is 14.0. The molecule has 0 spiro atoms. The third-order valence-corrected chi connectivity index (χ3v) is 2.68. The zero-order valence-electron chi connectivity index (χ0n) is 10.9. The van der Waals surface area contributed by atoms with Gasteiger partial charge >= 0.3 is 0 Å². The molecule has 0 heterocycles. The summed E-state index contributed by atoms with van der Waals surface area (Å²) in [5.74, 6) is 0. The molecule has 1 aromatic carbocycles. The second-order valence-corrected chi connectivity index (χ2v) is 4.46. The highest BCUT2D eigenvalue weighted by Gasteiger charge is 2.02. The summed E-state index contributed by atoms with van der Waals surface area (Å²) in [6, 6.07) is 8.20. The molecule has 0 aliphatic rings. The molecule has 3 heteroatoms. The summed E-state index contributed by atoms with van der Waals surface area (Å²) in [4.78, 5) is 0. The van der Waals surface area contributed by atoms with E-state index < -0.39 is 0 Å². The number of aliphatic hydroxyl groups is 1. The maximum absolute atomic E-state index is 9.74. The van der Waals surface area contributed by atoms with E-state index in [1.807, 2.05) is 12.1 Å². The second kappa shape index (κ2) is 8.09. The van der Waals surface area contributed by atoms with E-state index in [-0.39, 0.29) is 6.10 Å². The summed E-state index contributed by atoms with van der Waals surface area (Å²) >= 11 is 0. The van der Waals surface area contributed by atoms with Gasteiger partial charge in [-0.2, -0.15) is 0 Å². The molecule has 0 saturated heterocycles. The number of benzene rings is 1. The van der Waals surface area contributed by atoms with Gasteiger partial charge in [-0.15, -0.1) is 0 Å². The lowest BCUT2D eigenvalue weighted by molar-refractivity contribution is 0.184. The SMILES string of the molecule is CCCCNC[C@H](O)CNc1ccc(C)cc1. The van der Waals surface area contributed by atoms with Gasteiger partial charge in [-0.25, -0.2) is 0 Å². The first-order valence-corrected chi connectivity index (χ1v) is 6.41. The number of aliphatic hydroxyl groups excluding tert-OH is 1. The molecular weight excluding hydrogens is 212 g/mol. The van der Waals surface area contributed by atoms with Gasteiger partial charge in [0, 0.05) is 18.8 Å². The van der Waals surface area contributed by atoms with E-state index in [1.54, 1.807) is 0 Å². The Hall–Kier alpha value is -1.06. The summed E-state index contributed by atoms with van der Waals surface area (Å²) in [6.45, 7) is 6.45. The molecule has 0 aliphatic carbocycles. The number of hydrogen-bond acceptors (Lipinski definition) is 3. The highest BCUT2D eigenvalue weighted by molar-refractivity contribution is 5.44. The minimum Gasteiger partial charge on any atom is -0.390 e. The molecule has 0 aromatic heterocycles. The van der Waals surface area contributed by atoms with Crippen molar-refractivity contribution < 1.29 is 5.11 Å². The van der Waals surface area contributed by atoms with Crippen LogP contribution < -0.4 is 10.6 Å². The quantitative estimate of drug-likeness (QED) is 0.606. The Morgan fingerprint density at radius 3 is 2.53 bits per heavy atom. The van der Waals surface area contributed by atoms with Crippen molar-refractivity contribution in [2.24, 2.45) is 0 Å². The molecule has 0 amide bonds. The van der Waals surface area contributed by atoms with Gasteiger partial charge in [-0.05, 0) is 32.0 Å². The van der Waals surface area contributed by atoms with Crippen molar-refractivity contribution >= 4 is 5.69 Å². The van der Waals surface area contributed by atoms with Gasteiger partial charge in [0.25, 0.3) is 0 Å². The lowest BCUT2D eigenvalue weighted by Crippen LogP contribution is -2.32. The average Bonchev–Trinajstić information content (AvgIpc) is 2.34. The van der Waals surface area contributed by atoms with E-state index in [0.29, 0.717) is 13.1 Å². The van der Waals surface area contributed by atoms with Crippen molar-refractivity contribution in [1.29, 1.82) is 0 Å². The molecule has 1 aromatic rings. The van der Waals surface area contributed by atoms with Crippen LogP contribution in [0.3, 0.4) is 0 Å². The number of hydrogen-bond donors (Lipinski definition) is 3. The smallest absolute Gasteiger partial charge is 0.0836 e. The fraction of sp³-hybridized carbons (Fsp3) is 0.571. The number of anilines is 1. The highest BCUT2D eigenvalue weighted by atomic mass is 16.3. The number of rotatable bonds is 8. The molecule has 0 fully saturated rings. The molecule has 3 N–H and O–H groups in total. The van der Waals surface area contributed by atoms with Gasteiger partial charge < -0.3 is 15.7 Å². The molecule has 96 valence electrons. The van der Waals surface area contributed by atoms with E-state index >= 15 is 0 Å². The lowest BCUT2D eigenvalue weighted by atomic mass is 10.2. The second-order valence-electron chi connectivity index (χ2n) is 4.46. The van der Waals surface area contributed by atoms with Crippen molar-refractivity contribution in [3.8, 4) is 0 Å². The van der Waals surface area contributed by atoms with Crippen LogP contribution in [0.2, 0.25) is 0 Å². The zero-order chi connectivity index (χ0) is 12.5. The summed E-state index contributed by atoms with van der Waals surface area (Å²) < 4.78 is 0. The molecule has 0 bridgehead atoms. The fourth-order valence-electron chi connectivity index (χ4n) is 1.55. The molecular formula is C14H24N2O. The van der Waals surface area contributed by atoms with E-state index in [9.17, 15) is 5.11 Å². The van der Waals surface area contributed by atoms with E-state index in [0.717, 1.165) is 18.7 Å². The van der Waals surface area contributed by atoms with Crippen LogP contribution in [-0.2, 0) is 0 Å². The molecule has 0 unspecified atom stereocenters. The van der Waals surface area contributed by atoms with Gasteiger partial charge in [0.1, 0.15) is 0 Å². The number of aryl methyl sites for hydroxylation is 1. The topological polar surface area (TPSA) is 44.3 Å². The number of nitrogens with one attached hydrogen (secondary N) is 2. The maximum atomic E-state index is 9.74. The largest absolute Gasteiger partial charge is 0.390 e. The average molecular weight is 236 g/mol. The summed E-state index contributed by atoms with van der Waals surface area (Å²) in [7, 11) is 0. The summed E-state index contributed by atoms with van der Waals surface area (Å²) in [5.41, 5.74) is 2.31. The van der Waals surface area contributed by atoms with E-state index in [1.165, 1.54) is 12.0 Å². The molecule has 0 saturated carbocycles. The van der Waals surface area contributed by atoms with E-state index in [2.05, 4.69) is 36.6 Å². The van der Waals surface area contributed by atoms with Crippen molar-refractivity contribution in [3.63, 3.8) is 0 Å². The Morgan fingerprint density at radius 1 is 1.18 bits per heavy atom. The van der Waals surface area contributed by atoms with Crippen molar-refractivity contribution in [2.45, 2.75) is 32.8 Å². The Kier molecular flexibility index (Phi) is 6.67.